The van der Waals surface area contributed by atoms with Gasteiger partial charge in [-0.2, -0.15) is 13.2 Å². The van der Waals surface area contributed by atoms with Gasteiger partial charge in [0.25, 0.3) is 0 Å². The van der Waals surface area contributed by atoms with Gasteiger partial charge in [-0.25, -0.2) is 4.79 Å². The second-order valence-corrected chi connectivity index (χ2v) is 4.63. The molecule has 3 N–H and O–H groups in total. The molecule has 1 aliphatic rings. The minimum atomic E-state index is -4.48. The zero-order valence-corrected chi connectivity index (χ0v) is 10.3. The molecule has 1 fully saturated rings. The topological polar surface area (TPSA) is 78.4 Å². The van der Waals surface area contributed by atoms with Crippen LogP contribution in [0.1, 0.15) is 32.1 Å². The quantitative estimate of drug-likeness (QED) is 0.692. The van der Waals surface area contributed by atoms with E-state index in [1.807, 2.05) is 0 Å². The third-order valence-corrected chi connectivity index (χ3v) is 3.10. The van der Waals surface area contributed by atoms with Crippen molar-refractivity contribution in [2.24, 2.45) is 5.92 Å². The van der Waals surface area contributed by atoms with E-state index < -0.39 is 36.7 Å². The minimum absolute atomic E-state index is 0.430. The first-order chi connectivity index (χ1) is 8.79. The van der Waals surface area contributed by atoms with Crippen LogP contribution in [0.25, 0.3) is 0 Å². The molecule has 0 aromatic rings. The first-order valence-corrected chi connectivity index (χ1v) is 6.13. The van der Waals surface area contributed by atoms with Crippen LogP contribution in [0.4, 0.5) is 18.0 Å². The summed E-state index contributed by atoms with van der Waals surface area (Å²) in [7, 11) is 0. The summed E-state index contributed by atoms with van der Waals surface area (Å²) >= 11 is 0. The Kier molecular flexibility index (Phi) is 5.44. The lowest BCUT2D eigenvalue weighted by molar-refractivity contribution is -0.143. The number of urea groups is 1. The second kappa shape index (κ2) is 6.63. The van der Waals surface area contributed by atoms with E-state index in [1.165, 1.54) is 0 Å². The largest absolute Gasteiger partial charge is 0.481 e. The number of nitrogens with one attached hydrogen (secondary N) is 2. The predicted molar refractivity (Wildman–Crippen MR) is 60.6 cm³/mol. The molecule has 2 atom stereocenters. The van der Waals surface area contributed by atoms with Crippen molar-refractivity contribution in [1.82, 2.24) is 10.6 Å². The van der Waals surface area contributed by atoms with Crippen LogP contribution in [0.15, 0.2) is 0 Å². The Bertz CT molecular complexity index is 334. The van der Waals surface area contributed by atoms with E-state index in [-0.39, 0.29) is 0 Å². The second-order valence-electron chi connectivity index (χ2n) is 4.63. The molecule has 8 heteroatoms. The van der Waals surface area contributed by atoms with Crippen molar-refractivity contribution in [3.63, 3.8) is 0 Å². The summed E-state index contributed by atoms with van der Waals surface area (Å²) in [4.78, 5) is 22.4. The molecule has 1 saturated carbocycles. The standard InChI is InChI=1S/C11H17F3N2O3/c12-11(13,14)6-15-10(19)16-8-5-3-1-2-4-7(8)9(17)18/h7-8H,1-6H2,(H,17,18)(H2,15,16,19). The number of carboxylic acid groups (broad SMARTS) is 1. The van der Waals surface area contributed by atoms with Crippen LogP contribution in [0.5, 0.6) is 0 Å². The maximum absolute atomic E-state index is 11.9. The molecule has 2 amide bonds. The van der Waals surface area contributed by atoms with Crippen molar-refractivity contribution in [1.29, 1.82) is 0 Å². The molecule has 0 aliphatic heterocycles. The summed E-state index contributed by atoms with van der Waals surface area (Å²) < 4.78 is 35.8. The van der Waals surface area contributed by atoms with E-state index in [0.29, 0.717) is 12.8 Å². The Balaban J connectivity index is 2.51. The van der Waals surface area contributed by atoms with Crippen LogP contribution in [0, 0.1) is 5.92 Å². The normalized spacial score (nSPS) is 24.4. The average molecular weight is 282 g/mol. The third kappa shape index (κ3) is 5.80. The molecule has 0 bridgehead atoms. The molecule has 0 radical (unpaired) electrons. The maximum Gasteiger partial charge on any atom is 0.405 e. The van der Waals surface area contributed by atoms with Crippen molar-refractivity contribution in [2.75, 3.05) is 6.54 Å². The molecule has 19 heavy (non-hydrogen) atoms. The summed E-state index contributed by atoms with van der Waals surface area (Å²) in [6, 6.07) is -1.59. The Morgan fingerprint density at radius 3 is 2.37 bits per heavy atom. The fourth-order valence-corrected chi connectivity index (χ4v) is 2.18. The highest BCUT2D eigenvalue weighted by Gasteiger charge is 2.32. The zero-order chi connectivity index (χ0) is 14.5. The monoisotopic (exact) mass is 282 g/mol. The van der Waals surface area contributed by atoms with Gasteiger partial charge in [0.15, 0.2) is 0 Å². The number of carboxylic acids is 1. The number of rotatable bonds is 3. The Hall–Kier alpha value is -1.47. The van der Waals surface area contributed by atoms with Crippen LogP contribution < -0.4 is 10.6 Å². The molecule has 2 unspecified atom stereocenters. The summed E-state index contributed by atoms with van der Waals surface area (Å²) in [6.07, 6.45) is -1.21. The lowest BCUT2D eigenvalue weighted by Crippen LogP contribution is -2.49. The van der Waals surface area contributed by atoms with E-state index >= 15 is 0 Å². The summed E-state index contributed by atoms with van der Waals surface area (Å²) in [5.74, 6) is -1.76. The molecule has 0 heterocycles. The molecule has 0 spiro atoms. The van der Waals surface area contributed by atoms with Crippen molar-refractivity contribution < 1.29 is 27.9 Å². The summed E-state index contributed by atoms with van der Waals surface area (Å²) in [5.41, 5.74) is 0. The smallest absolute Gasteiger partial charge is 0.405 e. The molecular formula is C11H17F3N2O3. The van der Waals surface area contributed by atoms with Gasteiger partial charge in [-0.05, 0) is 12.8 Å². The number of carbonyl (C=O) groups is 2. The molecule has 1 aliphatic carbocycles. The highest BCUT2D eigenvalue weighted by Crippen LogP contribution is 2.23. The van der Waals surface area contributed by atoms with Gasteiger partial charge in [-0.3, -0.25) is 4.79 Å². The number of hydrogen-bond acceptors (Lipinski definition) is 2. The molecular weight excluding hydrogens is 265 g/mol. The van der Waals surface area contributed by atoms with Crippen LogP contribution in [-0.4, -0.2) is 35.9 Å². The number of alkyl halides is 3. The van der Waals surface area contributed by atoms with E-state index in [0.717, 1.165) is 19.3 Å². The summed E-state index contributed by atoms with van der Waals surface area (Å²) in [5, 5.41) is 13.1. The molecule has 1 rings (SSSR count). The highest BCUT2D eigenvalue weighted by atomic mass is 19.4. The average Bonchev–Trinajstić information content (AvgIpc) is 2.51. The van der Waals surface area contributed by atoms with Crippen molar-refractivity contribution in [3.05, 3.63) is 0 Å². The highest BCUT2D eigenvalue weighted by molar-refractivity contribution is 5.76. The number of hydrogen-bond donors (Lipinski definition) is 3. The van der Waals surface area contributed by atoms with Gasteiger partial charge in [-0.15, -0.1) is 0 Å². The fraction of sp³-hybridized carbons (Fsp3) is 0.818. The Labute approximate surface area is 108 Å². The van der Waals surface area contributed by atoms with E-state index in [1.54, 1.807) is 5.32 Å². The first kappa shape index (κ1) is 15.6. The summed E-state index contributed by atoms with van der Waals surface area (Å²) in [6.45, 7) is -1.43. The molecule has 0 aromatic carbocycles. The van der Waals surface area contributed by atoms with Gasteiger partial charge in [0, 0.05) is 6.04 Å². The van der Waals surface area contributed by atoms with Gasteiger partial charge in [0.2, 0.25) is 0 Å². The Morgan fingerprint density at radius 2 is 1.79 bits per heavy atom. The van der Waals surface area contributed by atoms with Crippen LogP contribution in [-0.2, 0) is 4.79 Å². The molecule has 110 valence electrons. The van der Waals surface area contributed by atoms with Crippen LogP contribution in [0.2, 0.25) is 0 Å². The minimum Gasteiger partial charge on any atom is -0.481 e. The zero-order valence-electron chi connectivity index (χ0n) is 10.3. The third-order valence-electron chi connectivity index (χ3n) is 3.10. The van der Waals surface area contributed by atoms with Gasteiger partial charge < -0.3 is 15.7 Å². The van der Waals surface area contributed by atoms with Gasteiger partial charge in [-0.1, -0.05) is 19.3 Å². The van der Waals surface area contributed by atoms with Crippen LogP contribution in [0.3, 0.4) is 0 Å². The first-order valence-electron chi connectivity index (χ1n) is 6.13. The number of carbonyl (C=O) groups excluding carboxylic acids is 1. The molecule has 0 aromatic heterocycles. The SMILES string of the molecule is O=C(NCC(F)(F)F)NC1CCCCCC1C(=O)O. The number of halogens is 3. The van der Waals surface area contributed by atoms with Gasteiger partial charge >= 0.3 is 18.2 Å². The van der Waals surface area contributed by atoms with Crippen molar-refractivity contribution >= 4 is 12.0 Å². The lowest BCUT2D eigenvalue weighted by Gasteiger charge is -2.23. The van der Waals surface area contributed by atoms with Crippen molar-refractivity contribution in [2.45, 2.75) is 44.3 Å². The van der Waals surface area contributed by atoms with E-state index in [4.69, 9.17) is 5.11 Å². The van der Waals surface area contributed by atoms with Crippen molar-refractivity contribution in [3.8, 4) is 0 Å². The maximum atomic E-state index is 11.9. The van der Waals surface area contributed by atoms with Crippen LogP contribution >= 0.6 is 0 Å². The fourth-order valence-electron chi connectivity index (χ4n) is 2.18. The lowest BCUT2D eigenvalue weighted by atomic mass is 9.95. The molecule has 5 nitrogen and oxygen atoms in total. The number of amides is 2. The number of aliphatic carboxylic acids is 1. The van der Waals surface area contributed by atoms with Gasteiger partial charge in [0.1, 0.15) is 6.54 Å². The van der Waals surface area contributed by atoms with E-state index in [2.05, 4.69) is 5.32 Å². The van der Waals surface area contributed by atoms with E-state index in [9.17, 15) is 22.8 Å². The predicted octanol–water partition coefficient (Wildman–Crippen LogP) is 1.88. The van der Waals surface area contributed by atoms with Gasteiger partial charge in [0.05, 0.1) is 5.92 Å². The Morgan fingerprint density at radius 1 is 1.16 bits per heavy atom. The molecule has 0 saturated heterocycles.